The molecule has 0 saturated heterocycles. The molecular weight excluding hydrogens is 222 g/mol. The second kappa shape index (κ2) is 8.98. The van der Waals surface area contributed by atoms with Gasteiger partial charge in [0.05, 0.1) is 0 Å². The Morgan fingerprint density at radius 3 is 2.22 bits per heavy atom. The average molecular weight is 249 g/mol. The summed E-state index contributed by atoms with van der Waals surface area (Å²) in [5, 5.41) is 9.68. The Bertz CT molecular complexity index is 319. The molecule has 1 aromatic carbocycles. The molecule has 0 unspecified atom stereocenters. The number of aryl methyl sites for hydroxylation is 1. The van der Waals surface area contributed by atoms with E-state index in [1.807, 2.05) is 18.2 Å². The number of para-hydroxylation sites is 1. The van der Waals surface area contributed by atoms with E-state index in [0.29, 0.717) is 5.75 Å². The van der Waals surface area contributed by atoms with Crippen molar-refractivity contribution in [1.29, 1.82) is 0 Å². The third-order valence-electron chi connectivity index (χ3n) is 3.24. The molecule has 18 heavy (non-hydrogen) atoms. The lowest BCUT2D eigenvalue weighted by Gasteiger charge is -2.20. The van der Waals surface area contributed by atoms with Crippen LogP contribution in [0.15, 0.2) is 24.3 Å². The monoisotopic (exact) mass is 249 g/mol. The number of benzene rings is 1. The van der Waals surface area contributed by atoms with Gasteiger partial charge < -0.3 is 10.0 Å². The van der Waals surface area contributed by atoms with Crippen molar-refractivity contribution in [1.82, 2.24) is 4.90 Å². The van der Waals surface area contributed by atoms with Crippen LogP contribution in [-0.2, 0) is 6.42 Å². The molecule has 0 aromatic heterocycles. The maximum Gasteiger partial charge on any atom is 0.118 e. The molecule has 0 radical (unpaired) electrons. The van der Waals surface area contributed by atoms with Gasteiger partial charge in [-0.1, -0.05) is 32.0 Å². The normalized spacial score (nSPS) is 11.1. The number of unbranched alkanes of at least 4 members (excludes halogenated alkanes) is 1. The van der Waals surface area contributed by atoms with Crippen LogP contribution in [0.2, 0.25) is 0 Å². The average Bonchev–Trinajstić information content (AvgIpc) is 2.37. The van der Waals surface area contributed by atoms with Gasteiger partial charge in [0.1, 0.15) is 5.75 Å². The Balaban J connectivity index is 2.23. The van der Waals surface area contributed by atoms with Crippen molar-refractivity contribution in [2.45, 2.75) is 46.0 Å². The fourth-order valence-corrected chi connectivity index (χ4v) is 2.34. The van der Waals surface area contributed by atoms with Gasteiger partial charge in [0, 0.05) is 0 Å². The number of nitrogens with zero attached hydrogens (tertiary/aromatic N) is 1. The zero-order chi connectivity index (χ0) is 13.2. The zero-order valence-electron chi connectivity index (χ0n) is 11.9. The van der Waals surface area contributed by atoms with Gasteiger partial charge in [-0.05, 0) is 63.4 Å². The smallest absolute Gasteiger partial charge is 0.118 e. The van der Waals surface area contributed by atoms with Crippen molar-refractivity contribution in [3.05, 3.63) is 29.8 Å². The van der Waals surface area contributed by atoms with Gasteiger partial charge in [-0.3, -0.25) is 0 Å². The van der Waals surface area contributed by atoms with Crippen LogP contribution in [-0.4, -0.2) is 29.6 Å². The van der Waals surface area contributed by atoms with Crippen molar-refractivity contribution in [2.24, 2.45) is 0 Å². The zero-order valence-corrected chi connectivity index (χ0v) is 11.9. The van der Waals surface area contributed by atoms with E-state index >= 15 is 0 Å². The van der Waals surface area contributed by atoms with Crippen molar-refractivity contribution in [3.63, 3.8) is 0 Å². The van der Waals surface area contributed by atoms with Gasteiger partial charge in [0.25, 0.3) is 0 Å². The quantitative estimate of drug-likeness (QED) is 0.672. The summed E-state index contributed by atoms with van der Waals surface area (Å²) in [6, 6.07) is 7.67. The highest BCUT2D eigenvalue weighted by Crippen LogP contribution is 2.17. The molecule has 1 aromatic rings. The van der Waals surface area contributed by atoms with E-state index in [0.717, 1.165) is 18.4 Å². The lowest BCUT2D eigenvalue weighted by Crippen LogP contribution is -2.26. The SMILES string of the molecule is CCCN(CCC)CCCCc1ccccc1O. The van der Waals surface area contributed by atoms with Crippen LogP contribution >= 0.6 is 0 Å². The van der Waals surface area contributed by atoms with Crippen LogP contribution in [0.25, 0.3) is 0 Å². The van der Waals surface area contributed by atoms with Crippen LogP contribution in [0, 0.1) is 0 Å². The molecule has 0 amide bonds. The summed E-state index contributed by atoms with van der Waals surface area (Å²) in [5.74, 6) is 0.441. The number of aromatic hydroxyl groups is 1. The number of phenols is 1. The lowest BCUT2D eigenvalue weighted by molar-refractivity contribution is 0.269. The van der Waals surface area contributed by atoms with Crippen molar-refractivity contribution < 1.29 is 5.11 Å². The number of rotatable bonds is 9. The molecule has 0 spiro atoms. The first kappa shape index (κ1) is 15.0. The van der Waals surface area contributed by atoms with Crippen molar-refractivity contribution in [3.8, 4) is 5.75 Å². The Labute approximate surface area is 112 Å². The minimum Gasteiger partial charge on any atom is -0.508 e. The van der Waals surface area contributed by atoms with Crippen LogP contribution in [0.3, 0.4) is 0 Å². The Morgan fingerprint density at radius 1 is 0.944 bits per heavy atom. The first-order chi connectivity index (χ1) is 8.77. The Morgan fingerprint density at radius 2 is 1.61 bits per heavy atom. The highest BCUT2D eigenvalue weighted by Gasteiger charge is 2.03. The van der Waals surface area contributed by atoms with E-state index in [9.17, 15) is 5.11 Å². The topological polar surface area (TPSA) is 23.5 Å². The van der Waals surface area contributed by atoms with Gasteiger partial charge in [-0.15, -0.1) is 0 Å². The summed E-state index contributed by atoms with van der Waals surface area (Å²) < 4.78 is 0. The second-order valence-electron chi connectivity index (χ2n) is 4.93. The predicted octanol–water partition coefficient (Wildman–Crippen LogP) is 3.84. The molecule has 0 fully saturated rings. The number of hydrogen-bond donors (Lipinski definition) is 1. The highest BCUT2D eigenvalue weighted by molar-refractivity contribution is 5.31. The summed E-state index contributed by atoms with van der Waals surface area (Å²) >= 11 is 0. The van der Waals surface area contributed by atoms with Gasteiger partial charge >= 0.3 is 0 Å². The molecule has 2 heteroatoms. The van der Waals surface area contributed by atoms with E-state index in [1.165, 1.54) is 38.9 Å². The van der Waals surface area contributed by atoms with Gasteiger partial charge in [0.2, 0.25) is 0 Å². The van der Waals surface area contributed by atoms with Crippen LogP contribution in [0.1, 0.15) is 45.1 Å². The first-order valence-electron chi connectivity index (χ1n) is 7.27. The van der Waals surface area contributed by atoms with E-state index in [1.54, 1.807) is 6.07 Å². The molecule has 0 aliphatic carbocycles. The second-order valence-corrected chi connectivity index (χ2v) is 4.93. The van der Waals surface area contributed by atoms with Gasteiger partial charge in [-0.2, -0.15) is 0 Å². The standard InChI is InChI=1S/C16H27NO/c1-3-12-17(13-4-2)14-8-7-10-15-9-5-6-11-16(15)18/h5-6,9,11,18H,3-4,7-8,10,12-14H2,1-2H3. The van der Waals surface area contributed by atoms with E-state index in [4.69, 9.17) is 0 Å². The van der Waals surface area contributed by atoms with E-state index < -0.39 is 0 Å². The van der Waals surface area contributed by atoms with Crippen LogP contribution in [0.4, 0.5) is 0 Å². The predicted molar refractivity (Wildman–Crippen MR) is 78.1 cm³/mol. The van der Waals surface area contributed by atoms with Gasteiger partial charge in [-0.25, -0.2) is 0 Å². The van der Waals surface area contributed by atoms with E-state index in [2.05, 4.69) is 18.7 Å². The molecule has 0 heterocycles. The molecule has 0 atom stereocenters. The van der Waals surface area contributed by atoms with Crippen molar-refractivity contribution in [2.75, 3.05) is 19.6 Å². The minimum absolute atomic E-state index is 0.441. The summed E-state index contributed by atoms with van der Waals surface area (Å²) in [6.07, 6.45) is 5.83. The molecule has 0 aliphatic heterocycles. The molecule has 0 bridgehead atoms. The Hall–Kier alpha value is -1.02. The van der Waals surface area contributed by atoms with E-state index in [-0.39, 0.29) is 0 Å². The van der Waals surface area contributed by atoms with Crippen LogP contribution in [0.5, 0.6) is 5.75 Å². The molecule has 2 nitrogen and oxygen atoms in total. The lowest BCUT2D eigenvalue weighted by atomic mass is 10.1. The summed E-state index contributed by atoms with van der Waals surface area (Å²) in [4.78, 5) is 2.55. The van der Waals surface area contributed by atoms with Crippen LogP contribution < -0.4 is 0 Å². The summed E-state index contributed by atoms with van der Waals surface area (Å²) in [5.41, 5.74) is 1.08. The maximum absolute atomic E-state index is 9.68. The molecule has 1 N–H and O–H groups in total. The fraction of sp³-hybridized carbons (Fsp3) is 0.625. The highest BCUT2D eigenvalue weighted by atomic mass is 16.3. The van der Waals surface area contributed by atoms with Gasteiger partial charge in [0.15, 0.2) is 0 Å². The first-order valence-corrected chi connectivity index (χ1v) is 7.27. The summed E-state index contributed by atoms with van der Waals surface area (Å²) in [6.45, 7) is 8.10. The maximum atomic E-state index is 9.68. The number of phenolic OH excluding ortho intramolecular Hbond substituents is 1. The molecule has 102 valence electrons. The third kappa shape index (κ3) is 5.54. The number of hydrogen-bond acceptors (Lipinski definition) is 2. The fourth-order valence-electron chi connectivity index (χ4n) is 2.34. The molecule has 0 aliphatic rings. The van der Waals surface area contributed by atoms with Crippen molar-refractivity contribution >= 4 is 0 Å². The Kier molecular flexibility index (Phi) is 7.51. The molecule has 0 saturated carbocycles. The molecule has 1 rings (SSSR count). The largest absolute Gasteiger partial charge is 0.508 e. The minimum atomic E-state index is 0.441. The third-order valence-corrected chi connectivity index (χ3v) is 3.24. The molecular formula is C16H27NO. The summed E-state index contributed by atoms with van der Waals surface area (Å²) in [7, 11) is 0.